The summed E-state index contributed by atoms with van der Waals surface area (Å²) in [5, 5.41) is 0. The second-order valence-electron chi connectivity index (χ2n) is 3.35. The molecule has 4 heteroatoms. The smallest absolute Gasteiger partial charge is 0.344 e. The van der Waals surface area contributed by atoms with Crippen LogP contribution >= 0.6 is 0 Å². The van der Waals surface area contributed by atoms with Crippen molar-refractivity contribution in [2.75, 3.05) is 7.11 Å². The molecule has 3 nitrogen and oxygen atoms in total. The third kappa shape index (κ3) is 0.653. The maximum absolute atomic E-state index is 13.6. The van der Waals surface area contributed by atoms with E-state index in [9.17, 15) is 14.0 Å². The Kier molecular flexibility index (Phi) is 1.32. The molecule has 0 heterocycles. The molecule has 0 unspecified atom stereocenters. The predicted octanol–water partition coefficient (Wildman–Crippen LogP) is 0.477. The molecular formula is C8H9FO3. The van der Waals surface area contributed by atoms with Gasteiger partial charge in [0.2, 0.25) is 5.67 Å². The molecule has 0 aromatic heterocycles. The van der Waals surface area contributed by atoms with Crippen LogP contribution in [0.2, 0.25) is 0 Å². The van der Waals surface area contributed by atoms with E-state index >= 15 is 0 Å². The summed E-state index contributed by atoms with van der Waals surface area (Å²) >= 11 is 0. The summed E-state index contributed by atoms with van der Waals surface area (Å²) in [4.78, 5) is 21.9. The summed E-state index contributed by atoms with van der Waals surface area (Å²) in [6.07, 6.45) is 0.910. The molecule has 0 saturated heterocycles. The zero-order chi connectivity index (χ0) is 8.93. The van der Waals surface area contributed by atoms with E-state index in [-0.39, 0.29) is 5.78 Å². The summed E-state index contributed by atoms with van der Waals surface area (Å²) in [5.74, 6) is -2.10. The van der Waals surface area contributed by atoms with Gasteiger partial charge in [0.05, 0.1) is 13.0 Å². The second-order valence-corrected chi connectivity index (χ2v) is 3.35. The van der Waals surface area contributed by atoms with Gasteiger partial charge >= 0.3 is 5.97 Å². The van der Waals surface area contributed by atoms with E-state index in [1.54, 1.807) is 0 Å². The molecule has 0 aliphatic heterocycles. The Hall–Kier alpha value is -0.930. The molecule has 2 aliphatic carbocycles. The summed E-state index contributed by atoms with van der Waals surface area (Å²) < 4.78 is 17.9. The van der Waals surface area contributed by atoms with Gasteiger partial charge in [-0.05, 0) is 6.42 Å². The highest BCUT2D eigenvalue weighted by atomic mass is 19.1. The number of fused-ring (bicyclic) bond motifs is 1. The normalized spacial score (nSPS) is 44.0. The minimum absolute atomic E-state index is 0.132. The topological polar surface area (TPSA) is 43.4 Å². The van der Waals surface area contributed by atoms with Gasteiger partial charge < -0.3 is 4.74 Å². The Morgan fingerprint density at radius 2 is 2.42 bits per heavy atom. The average Bonchev–Trinajstić information content (AvgIpc) is 2.44. The molecule has 2 saturated carbocycles. The number of rotatable bonds is 1. The van der Waals surface area contributed by atoms with E-state index in [1.807, 2.05) is 0 Å². The standard InChI is InChI=1S/C8H9FO3/c1-12-7(11)8(9)4-2-3-5(10)6(4)8/h4,6H,2-3H2,1H3/t4-,6-,8-/m1/s1. The van der Waals surface area contributed by atoms with Crippen molar-refractivity contribution in [1.82, 2.24) is 0 Å². The number of ketones is 1. The van der Waals surface area contributed by atoms with Crippen molar-refractivity contribution in [2.24, 2.45) is 11.8 Å². The van der Waals surface area contributed by atoms with Gasteiger partial charge in [-0.2, -0.15) is 0 Å². The minimum atomic E-state index is -1.97. The van der Waals surface area contributed by atoms with Crippen LogP contribution in [0.15, 0.2) is 0 Å². The van der Waals surface area contributed by atoms with Gasteiger partial charge in [-0.15, -0.1) is 0 Å². The van der Waals surface area contributed by atoms with Crippen molar-refractivity contribution in [3.05, 3.63) is 0 Å². The lowest BCUT2D eigenvalue weighted by Gasteiger charge is -2.06. The summed E-state index contributed by atoms with van der Waals surface area (Å²) in [5.41, 5.74) is -1.97. The highest BCUT2D eigenvalue weighted by Crippen LogP contribution is 2.61. The van der Waals surface area contributed by atoms with Crippen LogP contribution in [0, 0.1) is 11.8 Å². The molecule has 0 radical (unpaired) electrons. The van der Waals surface area contributed by atoms with Crippen LogP contribution < -0.4 is 0 Å². The number of methoxy groups -OCH3 is 1. The Labute approximate surface area is 68.9 Å². The number of hydrogen-bond acceptors (Lipinski definition) is 3. The van der Waals surface area contributed by atoms with E-state index in [1.165, 1.54) is 0 Å². The number of hydrogen-bond donors (Lipinski definition) is 0. The average molecular weight is 172 g/mol. The Morgan fingerprint density at radius 3 is 2.83 bits per heavy atom. The van der Waals surface area contributed by atoms with Crippen LogP contribution in [-0.4, -0.2) is 24.5 Å². The monoisotopic (exact) mass is 172 g/mol. The van der Waals surface area contributed by atoms with Crippen LogP contribution in [0.25, 0.3) is 0 Å². The molecule has 66 valence electrons. The Balaban J connectivity index is 2.19. The second kappa shape index (κ2) is 2.06. The number of carbonyl (C=O) groups is 2. The predicted molar refractivity (Wildman–Crippen MR) is 37.1 cm³/mol. The maximum Gasteiger partial charge on any atom is 0.344 e. The number of alkyl halides is 1. The molecule has 0 aromatic carbocycles. The first kappa shape index (κ1) is 7.71. The molecular weight excluding hydrogens is 163 g/mol. The minimum Gasteiger partial charge on any atom is -0.467 e. The first-order valence-corrected chi connectivity index (χ1v) is 3.92. The number of esters is 1. The van der Waals surface area contributed by atoms with E-state index < -0.39 is 23.5 Å². The zero-order valence-electron chi connectivity index (χ0n) is 6.67. The van der Waals surface area contributed by atoms with Gasteiger partial charge in [-0.3, -0.25) is 4.79 Å². The molecule has 0 N–H and O–H groups in total. The van der Waals surface area contributed by atoms with Crippen LogP contribution in [-0.2, 0) is 14.3 Å². The lowest BCUT2D eigenvalue weighted by atomic mass is 10.1. The number of ether oxygens (including phenoxy) is 1. The lowest BCUT2D eigenvalue weighted by molar-refractivity contribution is -0.151. The van der Waals surface area contributed by atoms with Crippen molar-refractivity contribution in [3.63, 3.8) is 0 Å². The molecule has 0 aromatic rings. The molecule has 0 spiro atoms. The first-order chi connectivity index (χ1) is 5.62. The molecule has 0 amide bonds. The van der Waals surface area contributed by atoms with E-state index in [0.29, 0.717) is 12.8 Å². The van der Waals surface area contributed by atoms with Gasteiger partial charge in [0.15, 0.2) is 0 Å². The quantitative estimate of drug-likeness (QED) is 0.540. The number of halogens is 1. The fourth-order valence-electron chi connectivity index (χ4n) is 2.15. The van der Waals surface area contributed by atoms with Crippen LogP contribution in [0.3, 0.4) is 0 Å². The van der Waals surface area contributed by atoms with E-state index in [2.05, 4.69) is 4.74 Å². The largest absolute Gasteiger partial charge is 0.467 e. The molecule has 2 rings (SSSR count). The first-order valence-electron chi connectivity index (χ1n) is 3.92. The van der Waals surface area contributed by atoms with Crippen molar-refractivity contribution in [2.45, 2.75) is 18.5 Å². The van der Waals surface area contributed by atoms with Crippen LogP contribution in [0.1, 0.15) is 12.8 Å². The van der Waals surface area contributed by atoms with Gasteiger partial charge in [0.25, 0.3) is 0 Å². The fraction of sp³-hybridized carbons (Fsp3) is 0.750. The highest BCUT2D eigenvalue weighted by Gasteiger charge is 2.77. The van der Waals surface area contributed by atoms with Crippen molar-refractivity contribution in [1.29, 1.82) is 0 Å². The Morgan fingerprint density at radius 1 is 1.75 bits per heavy atom. The number of carbonyl (C=O) groups excluding carboxylic acids is 2. The molecule has 3 atom stereocenters. The van der Waals surface area contributed by atoms with Crippen LogP contribution in [0.5, 0.6) is 0 Å². The van der Waals surface area contributed by atoms with Crippen molar-refractivity contribution < 1.29 is 18.7 Å². The van der Waals surface area contributed by atoms with E-state index in [0.717, 1.165) is 7.11 Å². The summed E-state index contributed by atoms with van der Waals surface area (Å²) in [7, 11) is 1.14. The van der Waals surface area contributed by atoms with Gasteiger partial charge in [-0.1, -0.05) is 0 Å². The fourth-order valence-corrected chi connectivity index (χ4v) is 2.15. The molecule has 2 fully saturated rings. The van der Waals surface area contributed by atoms with Crippen LogP contribution in [0.4, 0.5) is 4.39 Å². The SMILES string of the molecule is COC(=O)[C@@]1(F)[C@@H]2CCC(=O)[C@@H]21. The van der Waals surface area contributed by atoms with Crippen molar-refractivity contribution in [3.8, 4) is 0 Å². The third-order valence-electron chi connectivity index (χ3n) is 2.83. The lowest BCUT2D eigenvalue weighted by Crippen LogP contribution is -2.26. The van der Waals surface area contributed by atoms with Gasteiger partial charge in [0.1, 0.15) is 5.78 Å². The maximum atomic E-state index is 13.6. The zero-order valence-corrected chi connectivity index (χ0v) is 6.67. The molecule has 2 aliphatic rings. The molecule has 12 heavy (non-hydrogen) atoms. The third-order valence-corrected chi connectivity index (χ3v) is 2.83. The number of Topliss-reactive ketones (excluding diaryl/α,β-unsaturated/α-hetero) is 1. The van der Waals surface area contributed by atoms with Gasteiger partial charge in [-0.25, -0.2) is 9.18 Å². The highest BCUT2D eigenvalue weighted by molar-refractivity contribution is 5.99. The Bertz CT molecular complexity index is 263. The summed E-state index contributed by atoms with van der Waals surface area (Å²) in [6.45, 7) is 0. The van der Waals surface area contributed by atoms with E-state index in [4.69, 9.17) is 0 Å². The molecule has 0 bridgehead atoms. The van der Waals surface area contributed by atoms with Gasteiger partial charge in [0, 0.05) is 12.3 Å². The van der Waals surface area contributed by atoms with Crippen molar-refractivity contribution >= 4 is 11.8 Å². The summed E-state index contributed by atoms with van der Waals surface area (Å²) in [6, 6.07) is 0.